The molecule has 1 aliphatic rings. The lowest BCUT2D eigenvalue weighted by atomic mass is 10.0. The third-order valence-corrected chi connectivity index (χ3v) is 5.50. The normalized spacial score (nSPS) is 14.1. The Morgan fingerprint density at radius 1 is 1.10 bits per heavy atom. The average Bonchev–Trinajstić information content (AvgIpc) is 2.74. The Labute approximate surface area is 168 Å². The van der Waals surface area contributed by atoms with Crippen LogP contribution in [0.1, 0.15) is 16.8 Å². The SMILES string of the molecule is Nc1ccc(-c2nc3c(c(=O)[nH]2)CCN(Cc2cccc4cnccc24)C3)cc1. The summed E-state index contributed by atoms with van der Waals surface area (Å²) in [5.74, 6) is 0.590. The van der Waals surface area contributed by atoms with Crippen molar-refractivity contribution in [3.8, 4) is 11.4 Å². The van der Waals surface area contributed by atoms with Crippen LogP contribution in [-0.2, 0) is 19.5 Å². The first-order chi connectivity index (χ1) is 14.2. The number of nitrogen functional groups attached to an aromatic ring is 1. The average molecular weight is 383 g/mol. The molecule has 3 N–H and O–H groups in total. The van der Waals surface area contributed by atoms with Crippen molar-refractivity contribution < 1.29 is 0 Å². The highest BCUT2D eigenvalue weighted by Gasteiger charge is 2.22. The van der Waals surface area contributed by atoms with Crippen molar-refractivity contribution in [2.24, 2.45) is 0 Å². The second kappa shape index (κ2) is 7.14. The predicted molar refractivity (Wildman–Crippen MR) is 114 cm³/mol. The van der Waals surface area contributed by atoms with E-state index in [0.29, 0.717) is 24.5 Å². The Morgan fingerprint density at radius 3 is 2.83 bits per heavy atom. The number of H-pyrrole nitrogens is 1. The molecule has 29 heavy (non-hydrogen) atoms. The molecule has 3 heterocycles. The molecule has 0 aliphatic carbocycles. The van der Waals surface area contributed by atoms with E-state index in [2.05, 4.69) is 39.1 Å². The zero-order valence-corrected chi connectivity index (χ0v) is 15.9. The van der Waals surface area contributed by atoms with Crippen LogP contribution >= 0.6 is 0 Å². The summed E-state index contributed by atoms with van der Waals surface area (Å²) in [5, 5.41) is 2.36. The first-order valence-electron chi connectivity index (χ1n) is 9.69. The topological polar surface area (TPSA) is 87.9 Å². The number of benzene rings is 2. The van der Waals surface area contributed by atoms with Gasteiger partial charge in [-0.15, -0.1) is 0 Å². The lowest BCUT2D eigenvalue weighted by molar-refractivity contribution is 0.241. The summed E-state index contributed by atoms with van der Waals surface area (Å²) in [6.07, 6.45) is 4.42. The summed E-state index contributed by atoms with van der Waals surface area (Å²) in [7, 11) is 0. The van der Waals surface area contributed by atoms with E-state index in [9.17, 15) is 4.79 Å². The molecular formula is C23H21N5O. The van der Waals surface area contributed by atoms with Crippen molar-refractivity contribution in [2.75, 3.05) is 12.3 Å². The van der Waals surface area contributed by atoms with Gasteiger partial charge in [-0.3, -0.25) is 14.7 Å². The monoisotopic (exact) mass is 383 g/mol. The second-order valence-corrected chi connectivity index (χ2v) is 7.44. The van der Waals surface area contributed by atoms with Gasteiger partial charge in [0.05, 0.1) is 5.69 Å². The molecule has 5 rings (SSSR count). The minimum absolute atomic E-state index is 0.0438. The van der Waals surface area contributed by atoms with E-state index in [1.807, 2.05) is 36.7 Å². The molecule has 1 aliphatic heterocycles. The van der Waals surface area contributed by atoms with Gasteiger partial charge in [-0.1, -0.05) is 18.2 Å². The smallest absolute Gasteiger partial charge is 0.254 e. The van der Waals surface area contributed by atoms with E-state index in [0.717, 1.165) is 35.3 Å². The molecule has 0 atom stereocenters. The van der Waals surface area contributed by atoms with Gasteiger partial charge in [-0.05, 0) is 47.7 Å². The number of nitrogens with zero attached hydrogens (tertiary/aromatic N) is 3. The lowest BCUT2D eigenvalue weighted by Crippen LogP contribution is -2.35. The Morgan fingerprint density at radius 2 is 1.97 bits per heavy atom. The molecule has 0 spiro atoms. The summed E-state index contributed by atoms with van der Waals surface area (Å²) < 4.78 is 0. The highest BCUT2D eigenvalue weighted by Crippen LogP contribution is 2.23. The summed E-state index contributed by atoms with van der Waals surface area (Å²) >= 11 is 0. The lowest BCUT2D eigenvalue weighted by Gasteiger charge is -2.28. The number of nitrogens with one attached hydrogen (secondary N) is 1. The van der Waals surface area contributed by atoms with Crippen LogP contribution in [0.4, 0.5) is 5.69 Å². The van der Waals surface area contributed by atoms with E-state index >= 15 is 0 Å². The van der Waals surface area contributed by atoms with Crippen LogP contribution in [0.3, 0.4) is 0 Å². The van der Waals surface area contributed by atoms with Gasteiger partial charge < -0.3 is 10.7 Å². The van der Waals surface area contributed by atoms with Crippen molar-refractivity contribution in [2.45, 2.75) is 19.5 Å². The van der Waals surface area contributed by atoms with Gasteiger partial charge >= 0.3 is 0 Å². The molecule has 0 fully saturated rings. The van der Waals surface area contributed by atoms with Crippen molar-refractivity contribution >= 4 is 16.5 Å². The summed E-state index contributed by atoms with van der Waals surface area (Å²) in [4.78, 5) is 26.9. The second-order valence-electron chi connectivity index (χ2n) is 7.44. The molecule has 0 radical (unpaired) electrons. The van der Waals surface area contributed by atoms with Gasteiger partial charge in [-0.2, -0.15) is 0 Å². The van der Waals surface area contributed by atoms with Gasteiger partial charge in [0.2, 0.25) is 0 Å². The zero-order valence-electron chi connectivity index (χ0n) is 15.9. The molecule has 0 bridgehead atoms. The van der Waals surface area contributed by atoms with Crippen molar-refractivity contribution in [3.63, 3.8) is 0 Å². The maximum Gasteiger partial charge on any atom is 0.254 e. The minimum Gasteiger partial charge on any atom is -0.399 e. The van der Waals surface area contributed by atoms with Gasteiger partial charge in [-0.25, -0.2) is 4.98 Å². The van der Waals surface area contributed by atoms with Gasteiger partial charge in [0.25, 0.3) is 5.56 Å². The third kappa shape index (κ3) is 3.39. The van der Waals surface area contributed by atoms with Crippen molar-refractivity contribution in [1.82, 2.24) is 19.9 Å². The van der Waals surface area contributed by atoms with Crippen LogP contribution in [0.5, 0.6) is 0 Å². The summed E-state index contributed by atoms with van der Waals surface area (Å²) in [6.45, 7) is 2.30. The van der Waals surface area contributed by atoms with Crippen LogP contribution in [0, 0.1) is 0 Å². The molecule has 0 saturated heterocycles. The molecule has 0 amide bonds. The Hall–Kier alpha value is -3.51. The van der Waals surface area contributed by atoms with Crippen LogP contribution in [-0.4, -0.2) is 26.4 Å². The first-order valence-corrected chi connectivity index (χ1v) is 9.69. The predicted octanol–water partition coefficient (Wildman–Crippen LogP) is 3.13. The number of hydrogen-bond donors (Lipinski definition) is 2. The van der Waals surface area contributed by atoms with Gasteiger partial charge in [0.1, 0.15) is 5.82 Å². The Balaban J connectivity index is 1.45. The number of fused-ring (bicyclic) bond motifs is 2. The number of anilines is 1. The van der Waals surface area contributed by atoms with E-state index in [1.54, 1.807) is 0 Å². The summed E-state index contributed by atoms with van der Waals surface area (Å²) in [6, 6.07) is 15.8. The molecule has 0 unspecified atom stereocenters. The number of rotatable bonds is 3. The zero-order chi connectivity index (χ0) is 19.8. The fourth-order valence-electron chi connectivity index (χ4n) is 3.97. The molecule has 0 saturated carbocycles. The molecule has 6 heteroatoms. The van der Waals surface area contributed by atoms with Gasteiger partial charge in [0.15, 0.2) is 0 Å². The van der Waals surface area contributed by atoms with E-state index in [1.165, 1.54) is 10.9 Å². The fraction of sp³-hybridized carbons (Fsp3) is 0.174. The minimum atomic E-state index is -0.0438. The number of pyridine rings is 1. The number of aromatic amines is 1. The standard InChI is InChI=1S/C23H21N5O/c24-18-6-4-15(5-7-18)22-26-21-14-28(11-9-20(21)23(29)27-22)13-17-3-1-2-16-12-25-10-8-19(16)17/h1-8,10,12H,9,11,13-14,24H2,(H,26,27,29). The molecule has 4 aromatic rings. The molecule has 2 aromatic carbocycles. The summed E-state index contributed by atoms with van der Waals surface area (Å²) in [5.41, 5.74) is 10.2. The Kier molecular flexibility index (Phi) is 4.33. The quantitative estimate of drug-likeness (QED) is 0.531. The highest BCUT2D eigenvalue weighted by atomic mass is 16.1. The van der Waals surface area contributed by atoms with Crippen LogP contribution in [0.25, 0.3) is 22.2 Å². The maximum absolute atomic E-state index is 12.6. The van der Waals surface area contributed by atoms with Gasteiger partial charge in [0, 0.05) is 54.2 Å². The Bertz CT molecular complexity index is 1240. The van der Waals surface area contributed by atoms with E-state index < -0.39 is 0 Å². The number of aromatic nitrogens is 3. The third-order valence-electron chi connectivity index (χ3n) is 5.50. The molecular weight excluding hydrogens is 362 g/mol. The van der Waals surface area contributed by atoms with Crippen molar-refractivity contribution in [3.05, 3.63) is 88.1 Å². The molecule has 2 aromatic heterocycles. The van der Waals surface area contributed by atoms with E-state index in [4.69, 9.17) is 10.7 Å². The van der Waals surface area contributed by atoms with Crippen molar-refractivity contribution in [1.29, 1.82) is 0 Å². The van der Waals surface area contributed by atoms with Crippen LogP contribution in [0.15, 0.2) is 65.7 Å². The first kappa shape index (κ1) is 17.6. The van der Waals surface area contributed by atoms with E-state index in [-0.39, 0.29) is 5.56 Å². The van der Waals surface area contributed by atoms with Crippen LogP contribution in [0.2, 0.25) is 0 Å². The number of nitrogens with two attached hydrogens (primary N) is 1. The largest absolute Gasteiger partial charge is 0.399 e. The molecule has 144 valence electrons. The number of hydrogen-bond acceptors (Lipinski definition) is 5. The maximum atomic E-state index is 12.6. The highest BCUT2D eigenvalue weighted by molar-refractivity contribution is 5.84. The fourth-order valence-corrected chi connectivity index (χ4v) is 3.97. The van der Waals surface area contributed by atoms with Crippen LogP contribution < -0.4 is 11.3 Å². The molecule has 6 nitrogen and oxygen atoms in total.